The third-order valence-corrected chi connectivity index (χ3v) is 6.04. The average Bonchev–Trinajstić information content (AvgIpc) is 3.19. The Kier molecular flexibility index (Phi) is 5.67. The molecule has 30 heavy (non-hydrogen) atoms. The van der Waals surface area contributed by atoms with Crippen LogP contribution in [0, 0.1) is 0 Å². The van der Waals surface area contributed by atoms with Crippen LogP contribution in [0.25, 0.3) is 0 Å². The van der Waals surface area contributed by atoms with E-state index in [9.17, 15) is 4.79 Å². The van der Waals surface area contributed by atoms with Crippen LogP contribution in [0.2, 0.25) is 0 Å². The number of methoxy groups -OCH3 is 1. The Hall–Kier alpha value is -3.39. The second-order valence-corrected chi connectivity index (χ2v) is 8.04. The summed E-state index contributed by atoms with van der Waals surface area (Å²) in [6, 6.07) is 14.9. The van der Waals surface area contributed by atoms with Crippen molar-refractivity contribution in [2.75, 3.05) is 24.7 Å². The molecular formula is C22H23N5O2S. The third kappa shape index (κ3) is 4.28. The van der Waals surface area contributed by atoms with E-state index in [1.807, 2.05) is 43.3 Å². The summed E-state index contributed by atoms with van der Waals surface area (Å²) in [6.07, 6.45) is 0.780. The first-order chi connectivity index (χ1) is 14.5. The van der Waals surface area contributed by atoms with Crippen molar-refractivity contribution >= 4 is 40.1 Å². The molecule has 0 radical (unpaired) electrons. The van der Waals surface area contributed by atoms with Gasteiger partial charge >= 0.3 is 0 Å². The van der Waals surface area contributed by atoms with E-state index >= 15 is 0 Å². The van der Waals surface area contributed by atoms with Crippen molar-refractivity contribution < 1.29 is 9.53 Å². The highest BCUT2D eigenvalue weighted by atomic mass is 32.1. The highest BCUT2D eigenvalue weighted by Crippen LogP contribution is 2.27. The second-order valence-electron chi connectivity index (χ2n) is 6.96. The number of carbonyl (C=O) groups is 1. The van der Waals surface area contributed by atoms with Crippen LogP contribution >= 0.6 is 11.3 Å². The number of nitrogen functional groups attached to an aromatic ring is 1. The predicted molar refractivity (Wildman–Crippen MR) is 121 cm³/mol. The maximum absolute atomic E-state index is 12.6. The summed E-state index contributed by atoms with van der Waals surface area (Å²) >= 11 is 1.42. The van der Waals surface area contributed by atoms with Crippen LogP contribution in [0.5, 0.6) is 5.75 Å². The average molecular weight is 422 g/mol. The Morgan fingerprint density at radius 1 is 1.23 bits per heavy atom. The molecule has 154 valence electrons. The molecule has 2 aromatic carbocycles. The molecule has 0 saturated heterocycles. The second kappa shape index (κ2) is 8.54. The van der Waals surface area contributed by atoms with Crippen molar-refractivity contribution in [1.29, 1.82) is 0 Å². The number of thiazole rings is 1. The lowest BCUT2D eigenvalue weighted by molar-refractivity contribution is 0.102. The number of hydrogen-bond donors (Lipinski definition) is 2. The molecule has 0 spiro atoms. The van der Waals surface area contributed by atoms with Crippen LogP contribution < -0.4 is 15.8 Å². The minimum Gasteiger partial charge on any atom is -0.497 e. The number of benzene rings is 2. The smallest absolute Gasteiger partial charge is 0.284 e. The van der Waals surface area contributed by atoms with Crippen LogP contribution in [0.4, 0.5) is 17.1 Å². The standard InChI is InChI=1S/C22H23N5O2S/c1-14(24-15-7-9-16(29-2)10-8-15)27-12-11-19-20(13-27)30-22(26-19)21(28)25-18-6-4-3-5-17(18)23/h3-10H,11-13,23H2,1-2H3,(H,25,28). The van der Waals surface area contributed by atoms with E-state index < -0.39 is 0 Å². The number of ether oxygens (including phenoxy) is 1. The van der Waals surface area contributed by atoms with E-state index in [0.29, 0.717) is 22.9 Å². The fourth-order valence-corrected chi connectivity index (χ4v) is 4.29. The Labute approximate surface area is 179 Å². The monoisotopic (exact) mass is 421 g/mol. The number of para-hydroxylation sites is 2. The van der Waals surface area contributed by atoms with Crippen LogP contribution in [0.1, 0.15) is 27.3 Å². The fraction of sp³-hybridized carbons (Fsp3) is 0.227. The van der Waals surface area contributed by atoms with Crippen LogP contribution in [0.15, 0.2) is 53.5 Å². The molecule has 0 bridgehead atoms. The zero-order valence-electron chi connectivity index (χ0n) is 16.9. The summed E-state index contributed by atoms with van der Waals surface area (Å²) in [5.41, 5.74) is 8.91. The van der Waals surface area contributed by atoms with Gasteiger partial charge in [-0.15, -0.1) is 11.3 Å². The van der Waals surface area contributed by atoms with Crippen molar-refractivity contribution in [3.05, 3.63) is 64.1 Å². The summed E-state index contributed by atoms with van der Waals surface area (Å²) in [5, 5.41) is 3.30. The number of rotatable bonds is 4. The number of amides is 1. The van der Waals surface area contributed by atoms with Crippen molar-refractivity contribution in [1.82, 2.24) is 9.88 Å². The molecule has 0 unspecified atom stereocenters. The highest BCUT2D eigenvalue weighted by Gasteiger charge is 2.24. The summed E-state index contributed by atoms with van der Waals surface area (Å²) < 4.78 is 5.19. The number of aromatic nitrogens is 1. The molecule has 7 nitrogen and oxygen atoms in total. The molecule has 0 atom stereocenters. The van der Waals surface area contributed by atoms with Crippen molar-refractivity contribution in [3.8, 4) is 5.75 Å². The molecule has 1 aromatic heterocycles. The largest absolute Gasteiger partial charge is 0.497 e. The molecule has 0 saturated carbocycles. The lowest BCUT2D eigenvalue weighted by atomic mass is 10.2. The van der Waals surface area contributed by atoms with Gasteiger partial charge in [-0.1, -0.05) is 12.1 Å². The number of carbonyl (C=O) groups excluding carboxylic acids is 1. The third-order valence-electron chi connectivity index (χ3n) is 4.96. The fourth-order valence-electron chi connectivity index (χ4n) is 3.27. The number of fused-ring (bicyclic) bond motifs is 1. The van der Waals surface area contributed by atoms with Crippen molar-refractivity contribution in [2.45, 2.75) is 19.9 Å². The molecule has 8 heteroatoms. The number of nitrogens with zero attached hydrogens (tertiary/aromatic N) is 3. The summed E-state index contributed by atoms with van der Waals surface area (Å²) in [6.45, 7) is 3.51. The summed E-state index contributed by atoms with van der Waals surface area (Å²) in [5.74, 6) is 1.51. The van der Waals surface area contributed by atoms with Crippen molar-refractivity contribution in [3.63, 3.8) is 0 Å². The van der Waals surface area contributed by atoms with Gasteiger partial charge in [0.25, 0.3) is 5.91 Å². The van der Waals surface area contributed by atoms with Gasteiger partial charge in [0.2, 0.25) is 0 Å². The molecule has 4 rings (SSSR count). The van der Waals surface area contributed by atoms with Gasteiger partial charge in [0.1, 0.15) is 11.6 Å². The minimum absolute atomic E-state index is 0.234. The number of nitrogens with two attached hydrogens (primary N) is 1. The van der Waals surface area contributed by atoms with Gasteiger partial charge in [0, 0.05) is 17.8 Å². The molecule has 0 fully saturated rings. The van der Waals surface area contributed by atoms with E-state index in [1.165, 1.54) is 11.3 Å². The normalized spacial score (nSPS) is 13.7. The quantitative estimate of drug-likeness (QED) is 0.376. The molecule has 2 heterocycles. The zero-order chi connectivity index (χ0) is 21.1. The van der Waals surface area contributed by atoms with Gasteiger partial charge in [-0.05, 0) is 43.3 Å². The highest BCUT2D eigenvalue weighted by molar-refractivity contribution is 7.13. The number of amidine groups is 1. The van der Waals surface area contributed by atoms with Gasteiger partial charge in [0.15, 0.2) is 5.01 Å². The number of aliphatic imine (C=N–C) groups is 1. The first-order valence-corrected chi connectivity index (χ1v) is 10.4. The number of nitrogens with one attached hydrogen (secondary N) is 1. The number of hydrogen-bond acceptors (Lipinski definition) is 6. The molecule has 3 N–H and O–H groups in total. The first-order valence-electron chi connectivity index (χ1n) is 9.62. The Balaban J connectivity index is 1.46. The van der Waals surface area contributed by atoms with Crippen LogP contribution in [-0.4, -0.2) is 35.3 Å². The van der Waals surface area contributed by atoms with E-state index in [1.54, 1.807) is 19.2 Å². The van der Waals surface area contributed by atoms with Crippen LogP contribution in [-0.2, 0) is 13.0 Å². The van der Waals surface area contributed by atoms with E-state index in [4.69, 9.17) is 15.5 Å². The Bertz CT molecular complexity index is 1090. The van der Waals surface area contributed by atoms with E-state index in [0.717, 1.165) is 40.8 Å². The molecular weight excluding hydrogens is 398 g/mol. The minimum atomic E-state index is -0.234. The molecule has 1 aliphatic heterocycles. The molecule has 1 amide bonds. The zero-order valence-corrected chi connectivity index (χ0v) is 17.7. The van der Waals surface area contributed by atoms with Gasteiger partial charge in [-0.2, -0.15) is 0 Å². The maximum Gasteiger partial charge on any atom is 0.284 e. The summed E-state index contributed by atoms with van der Waals surface area (Å²) in [7, 11) is 1.65. The molecule has 3 aromatic rings. The van der Waals surface area contributed by atoms with Crippen molar-refractivity contribution in [2.24, 2.45) is 4.99 Å². The van der Waals surface area contributed by atoms with Gasteiger partial charge in [-0.25, -0.2) is 9.98 Å². The van der Waals surface area contributed by atoms with Crippen LogP contribution in [0.3, 0.4) is 0 Å². The van der Waals surface area contributed by atoms with E-state index in [2.05, 4.69) is 15.2 Å². The topological polar surface area (TPSA) is 92.8 Å². The number of anilines is 2. The summed E-state index contributed by atoms with van der Waals surface area (Å²) in [4.78, 5) is 25.2. The Morgan fingerprint density at radius 3 is 2.73 bits per heavy atom. The van der Waals surface area contributed by atoms with E-state index in [-0.39, 0.29) is 5.91 Å². The van der Waals surface area contributed by atoms with Gasteiger partial charge in [-0.3, -0.25) is 4.79 Å². The lowest BCUT2D eigenvalue weighted by Gasteiger charge is -2.27. The Morgan fingerprint density at radius 2 is 2.00 bits per heavy atom. The van der Waals surface area contributed by atoms with Gasteiger partial charge in [0.05, 0.1) is 36.4 Å². The molecule has 0 aliphatic carbocycles. The van der Waals surface area contributed by atoms with Gasteiger partial charge < -0.3 is 20.7 Å². The lowest BCUT2D eigenvalue weighted by Crippen LogP contribution is -2.33. The first kappa shape index (κ1) is 19.9. The SMILES string of the molecule is COc1ccc(N=C(C)N2CCc3nc(C(=O)Nc4ccccc4N)sc3C2)cc1. The maximum atomic E-state index is 12.6. The predicted octanol–water partition coefficient (Wildman–Crippen LogP) is 4.09. The molecule has 1 aliphatic rings.